The fourth-order valence-electron chi connectivity index (χ4n) is 1.54. The molecule has 1 fully saturated rings. The smallest absolute Gasteiger partial charge is 0.419 e. The molecular weight excluding hydrogens is 316 g/mol. The molecule has 0 spiro atoms. The van der Waals surface area contributed by atoms with E-state index in [4.69, 9.17) is 4.74 Å². The number of alkyl halides is 4. The van der Waals surface area contributed by atoms with Crippen molar-refractivity contribution in [2.45, 2.75) is 19.0 Å². The number of benzene rings is 1. The largest absolute Gasteiger partial charge is 0.493 e. The van der Waals surface area contributed by atoms with Crippen LogP contribution in [0.3, 0.4) is 0 Å². The van der Waals surface area contributed by atoms with E-state index in [1.54, 1.807) is 0 Å². The highest BCUT2D eigenvalue weighted by atomic mass is 79.9. The van der Waals surface area contributed by atoms with E-state index in [-0.39, 0.29) is 11.2 Å². The van der Waals surface area contributed by atoms with Gasteiger partial charge in [-0.3, -0.25) is 0 Å². The maximum absolute atomic E-state index is 13.0. The summed E-state index contributed by atoms with van der Waals surface area (Å²) >= 11 is 3.34. The molecule has 0 heterocycles. The molecule has 1 saturated carbocycles. The van der Waals surface area contributed by atoms with Crippen LogP contribution in [0, 0.1) is 11.2 Å². The molecule has 0 unspecified atom stereocenters. The van der Waals surface area contributed by atoms with Gasteiger partial charge in [0, 0.05) is 10.7 Å². The molecule has 0 N–H and O–H groups in total. The maximum Gasteiger partial charge on any atom is 0.419 e. The molecule has 1 nitrogen and oxygen atoms in total. The van der Waals surface area contributed by atoms with Crippen LogP contribution >= 0.6 is 15.9 Å². The van der Waals surface area contributed by atoms with E-state index in [1.807, 2.05) is 0 Å². The molecule has 0 amide bonds. The first-order valence-corrected chi connectivity index (χ1v) is 6.54. The van der Waals surface area contributed by atoms with Gasteiger partial charge in [0.2, 0.25) is 0 Å². The molecule has 0 saturated heterocycles. The Labute approximate surface area is 110 Å². The molecule has 2 rings (SSSR count). The van der Waals surface area contributed by atoms with Gasteiger partial charge in [-0.1, -0.05) is 15.9 Å². The molecule has 100 valence electrons. The summed E-state index contributed by atoms with van der Waals surface area (Å²) in [6.45, 7) is 0.348. The molecule has 1 aliphatic carbocycles. The first-order chi connectivity index (χ1) is 8.36. The Bertz CT molecular complexity index is 440. The number of halogens is 5. The lowest BCUT2D eigenvalue weighted by atomic mass is 10.1. The Morgan fingerprint density at radius 2 is 1.94 bits per heavy atom. The summed E-state index contributed by atoms with van der Waals surface area (Å²) in [7, 11) is 0. The summed E-state index contributed by atoms with van der Waals surface area (Å²) in [6, 6.07) is 2.71. The number of rotatable bonds is 4. The number of hydrogen-bond donors (Lipinski definition) is 0. The second-order valence-electron chi connectivity index (χ2n) is 4.56. The van der Waals surface area contributed by atoms with Crippen LogP contribution in [-0.4, -0.2) is 11.9 Å². The van der Waals surface area contributed by atoms with Crippen molar-refractivity contribution in [3.63, 3.8) is 0 Å². The molecule has 0 atom stereocenters. The van der Waals surface area contributed by atoms with Gasteiger partial charge in [0.05, 0.1) is 12.2 Å². The molecule has 1 aliphatic rings. The summed E-state index contributed by atoms with van der Waals surface area (Å²) in [5, 5.41) is 0.757. The average molecular weight is 327 g/mol. The van der Waals surface area contributed by atoms with E-state index >= 15 is 0 Å². The lowest BCUT2D eigenvalue weighted by Gasteiger charge is -2.15. The second-order valence-corrected chi connectivity index (χ2v) is 5.12. The third kappa shape index (κ3) is 2.96. The Morgan fingerprint density at radius 3 is 2.44 bits per heavy atom. The van der Waals surface area contributed by atoms with E-state index in [0.29, 0.717) is 12.7 Å². The van der Waals surface area contributed by atoms with Crippen LogP contribution in [-0.2, 0) is 6.18 Å². The van der Waals surface area contributed by atoms with Crippen molar-refractivity contribution in [2.75, 3.05) is 11.9 Å². The Kier molecular flexibility index (Phi) is 3.58. The van der Waals surface area contributed by atoms with Gasteiger partial charge in [-0.15, -0.1) is 0 Å². The number of ether oxygens (including phenoxy) is 1. The predicted octanol–water partition coefficient (Wildman–Crippen LogP) is 4.40. The zero-order valence-corrected chi connectivity index (χ0v) is 10.9. The molecule has 1 aromatic carbocycles. The quantitative estimate of drug-likeness (QED) is 0.588. The molecule has 0 bridgehead atoms. The minimum atomic E-state index is -4.70. The van der Waals surface area contributed by atoms with Crippen molar-refractivity contribution in [1.82, 2.24) is 0 Å². The van der Waals surface area contributed by atoms with Gasteiger partial charge in [0.25, 0.3) is 0 Å². The van der Waals surface area contributed by atoms with Crippen LogP contribution in [0.25, 0.3) is 0 Å². The van der Waals surface area contributed by atoms with Crippen molar-refractivity contribution in [2.24, 2.45) is 5.41 Å². The minimum Gasteiger partial charge on any atom is -0.493 e. The molecule has 6 heteroatoms. The molecule has 0 aromatic heterocycles. The number of hydrogen-bond acceptors (Lipinski definition) is 1. The van der Waals surface area contributed by atoms with E-state index in [9.17, 15) is 17.6 Å². The SMILES string of the molecule is Fc1ccc(OCC2(CBr)CC2)cc1C(F)(F)F. The highest BCUT2D eigenvalue weighted by molar-refractivity contribution is 9.09. The summed E-state index contributed by atoms with van der Waals surface area (Å²) in [6.07, 6.45) is -2.71. The van der Waals surface area contributed by atoms with Gasteiger partial charge in [-0.25, -0.2) is 4.39 Å². The zero-order chi connectivity index (χ0) is 13.4. The van der Waals surface area contributed by atoms with Crippen molar-refractivity contribution in [3.05, 3.63) is 29.6 Å². The highest BCUT2D eigenvalue weighted by Crippen LogP contribution is 2.47. The first kappa shape index (κ1) is 13.6. The molecule has 1 aromatic rings. The van der Waals surface area contributed by atoms with Crippen molar-refractivity contribution < 1.29 is 22.3 Å². The predicted molar refractivity (Wildman–Crippen MR) is 62.4 cm³/mol. The Morgan fingerprint density at radius 1 is 1.28 bits per heavy atom. The topological polar surface area (TPSA) is 9.23 Å². The molecule has 0 radical (unpaired) electrons. The van der Waals surface area contributed by atoms with Crippen LogP contribution in [0.5, 0.6) is 5.75 Å². The van der Waals surface area contributed by atoms with Gasteiger partial charge < -0.3 is 4.74 Å². The summed E-state index contributed by atoms with van der Waals surface area (Å²) in [5.74, 6) is -1.23. The second kappa shape index (κ2) is 4.72. The third-order valence-electron chi connectivity index (χ3n) is 3.03. The van der Waals surface area contributed by atoms with Crippen molar-refractivity contribution in [1.29, 1.82) is 0 Å². The standard InChI is InChI=1S/C12H11BrF4O/c13-6-11(3-4-11)7-18-8-1-2-10(14)9(5-8)12(15,16)17/h1-2,5H,3-4,6-7H2. The van der Waals surface area contributed by atoms with E-state index in [1.165, 1.54) is 6.07 Å². The summed E-state index contributed by atoms with van der Waals surface area (Å²) in [5.41, 5.74) is -1.25. The molecule has 18 heavy (non-hydrogen) atoms. The lowest BCUT2D eigenvalue weighted by molar-refractivity contribution is -0.140. The first-order valence-electron chi connectivity index (χ1n) is 5.42. The minimum absolute atomic E-state index is 0.0345. The van der Waals surface area contributed by atoms with Crippen molar-refractivity contribution >= 4 is 15.9 Å². The molecule has 0 aliphatic heterocycles. The molecular formula is C12H11BrF4O. The maximum atomic E-state index is 13.0. The van der Waals surface area contributed by atoms with E-state index < -0.39 is 17.6 Å². The summed E-state index contributed by atoms with van der Waals surface area (Å²) < 4.78 is 55.8. The van der Waals surface area contributed by atoms with Gasteiger partial charge in [-0.2, -0.15) is 13.2 Å². The van der Waals surface area contributed by atoms with Crippen molar-refractivity contribution in [3.8, 4) is 5.75 Å². The fourth-order valence-corrected chi connectivity index (χ4v) is 2.26. The van der Waals surface area contributed by atoms with Crippen LogP contribution in [0.4, 0.5) is 17.6 Å². The van der Waals surface area contributed by atoms with Gasteiger partial charge in [-0.05, 0) is 31.0 Å². The average Bonchev–Trinajstić information content (AvgIpc) is 3.07. The fraction of sp³-hybridized carbons (Fsp3) is 0.500. The van der Waals surface area contributed by atoms with Crippen LogP contribution in [0.1, 0.15) is 18.4 Å². The van der Waals surface area contributed by atoms with E-state index in [0.717, 1.165) is 24.2 Å². The van der Waals surface area contributed by atoms with Crippen LogP contribution < -0.4 is 4.74 Å². The Balaban J connectivity index is 2.10. The Hall–Kier alpha value is -0.780. The van der Waals surface area contributed by atoms with Gasteiger partial charge in [0.1, 0.15) is 11.6 Å². The highest BCUT2D eigenvalue weighted by Gasteiger charge is 2.42. The normalized spacial score (nSPS) is 17.6. The summed E-state index contributed by atoms with van der Waals surface area (Å²) in [4.78, 5) is 0. The lowest BCUT2D eigenvalue weighted by Crippen LogP contribution is -2.15. The van der Waals surface area contributed by atoms with Crippen LogP contribution in [0.15, 0.2) is 18.2 Å². The van der Waals surface area contributed by atoms with Crippen LogP contribution in [0.2, 0.25) is 0 Å². The van der Waals surface area contributed by atoms with Gasteiger partial charge in [0.15, 0.2) is 0 Å². The third-order valence-corrected chi connectivity index (χ3v) is 4.22. The zero-order valence-electron chi connectivity index (χ0n) is 9.36. The van der Waals surface area contributed by atoms with Gasteiger partial charge >= 0.3 is 6.18 Å². The van der Waals surface area contributed by atoms with E-state index in [2.05, 4.69) is 15.9 Å². The monoisotopic (exact) mass is 326 g/mol.